The van der Waals surface area contributed by atoms with Gasteiger partial charge in [-0.05, 0) is 0 Å². The Balaban J connectivity index is 3.92. The molecule has 0 rings (SSSR count). The van der Waals surface area contributed by atoms with Crippen LogP contribution >= 0.6 is 20.2 Å². The van der Waals surface area contributed by atoms with E-state index in [1.165, 1.54) is 0 Å². The molecule has 80 valence electrons. The summed E-state index contributed by atoms with van der Waals surface area (Å²) in [4.78, 5) is 0. The Labute approximate surface area is 91.4 Å². The molecule has 0 aliphatic heterocycles. The molecule has 13 heavy (non-hydrogen) atoms. The molecule has 0 saturated heterocycles. The summed E-state index contributed by atoms with van der Waals surface area (Å²) in [6.45, 7) is 6.00. The molecule has 0 aliphatic carbocycles. The molecule has 0 aliphatic rings. The molecule has 5 heteroatoms. The number of nitrogens with two attached hydrogens (primary N) is 2. The Kier molecular flexibility index (Phi) is 7.20. The van der Waals surface area contributed by atoms with Crippen LogP contribution in [0, 0.1) is 0 Å². The predicted molar refractivity (Wildman–Crippen MR) is 69.7 cm³/mol. The molecule has 0 aromatic carbocycles. The summed E-state index contributed by atoms with van der Waals surface area (Å²) in [6, 6.07) is 0. The zero-order valence-corrected chi connectivity index (χ0v) is 12.8. The van der Waals surface area contributed by atoms with Crippen molar-refractivity contribution >= 4 is 31.2 Å². The van der Waals surface area contributed by atoms with E-state index < -0.39 is 11.0 Å². The van der Waals surface area contributed by atoms with Gasteiger partial charge in [0.25, 0.3) is 0 Å². The predicted octanol–water partition coefficient (Wildman–Crippen LogP) is 1.85. The van der Waals surface area contributed by atoms with E-state index in [4.69, 9.17) is 11.5 Å². The van der Waals surface area contributed by atoms with Crippen molar-refractivity contribution in [3.05, 3.63) is 0 Å². The van der Waals surface area contributed by atoms with Gasteiger partial charge in [0.1, 0.15) is 0 Å². The zero-order valence-electron chi connectivity index (χ0n) is 9.04. The molecule has 0 aromatic heterocycles. The second-order valence-electron chi connectivity index (χ2n) is 3.73. The van der Waals surface area contributed by atoms with Gasteiger partial charge in [0, 0.05) is 0 Å². The van der Waals surface area contributed by atoms with Crippen molar-refractivity contribution in [1.29, 1.82) is 0 Å². The van der Waals surface area contributed by atoms with Gasteiger partial charge in [0.05, 0.1) is 0 Å². The van der Waals surface area contributed by atoms with Gasteiger partial charge < -0.3 is 0 Å². The van der Waals surface area contributed by atoms with Crippen LogP contribution in [0.25, 0.3) is 0 Å². The first-order valence-corrected chi connectivity index (χ1v) is 15.8. The van der Waals surface area contributed by atoms with Crippen LogP contribution in [0.2, 0.25) is 11.5 Å². The van der Waals surface area contributed by atoms with Crippen LogP contribution < -0.4 is 11.5 Å². The summed E-state index contributed by atoms with van der Waals surface area (Å²) in [7, 11) is 2.54. The van der Waals surface area contributed by atoms with Gasteiger partial charge in [-0.2, -0.15) is 0 Å². The molecule has 0 heterocycles. The summed E-state index contributed by atoms with van der Waals surface area (Å²) in [6.07, 6.45) is 0. The average molecular weight is 283 g/mol. The summed E-state index contributed by atoms with van der Waals surface area (Å²) < 4.78 is 0. The van der Waals surface area contributed by atoms with Gasteiger partial charge in [-0.15, -0.1) is 0 Å². The third-order valence-corrected chi connectivity index (χ3v) is 19.2. The summed E-state index contributed by atoms with van der Waals surface area (Å²) >= 11 is 0. The van der Waals surface area contributed by atoms with Crippen molar-refractivity contribution in [3.63, 3.8) is 0 Å². The van der Waals surface area contributed by atoms with Gasteiger partial charge in [-0.25, -0.2) is 0 Å². The fraction of sp³-hybridized carbons (Fsp3) is 1.00. The monoisotopic (exact) mass is 284 g/mol. The third-order valence-electron chi connectivity index (χ3n) is 1.63. The molecular formula is C8H22GeN2S2. The van der Waals surface area contributed by atoms with Crippen LogP contribution in [-0.4, -0.2) is 34.6 Å². The van der Waals surface area contributed by atoms with Crippen LogP contribution in [-0.2, 0) is 0 Å². The molecule has 2 nitrogen and oxygen atoms in total. The molecule has 0 saturated carbocycles. The quantitative estimate of drug-likeness (QED) is 0.730. The van der Waals surface area contributed by atoms with Crippen molar-refractivity contribution < 1.29 is 0 Å². The fourth-order valence-corrected chi connectivity index (χ4v) is 23.0. The molecule has 0 radical (unpaired) electrons. The Bertz CT molecular complexity index is 130. The molecule has 0 spiro atoms. The SMILES string of the molecule is CC(CN)[S][Ge]([CH3])([CH3])[S]C(C)CN. The number of hydrogen-bond donors (Lipinski definition) is 2. The van der Waals surface area contributed by atoms with Gasteiger partial charge in [-0.3, -0.25) is 0 Å². The minimum absolute atomic E-state index is 0.604. The van der Waals surface area contributed by atoms with Crippen LogP contribution in [0.1, 0.15) is 13.8 Å². The second kappa shape index (κ2) is 6.61. The van der Waals surface area contributed by atoms with E-state index in [0.717, 1.165) is 13.1 Å². The van der Waals surface area contributed by atoms with Crippen molar-refractivity contribution in [3.8, 4) is 0 Å². The van der Waals surface area contributed by atoms with Crippen molar-refractivity contribution in [2.75, 3.05) is 13.1 Å². The first kappa shape index (κ1) is 14.2. The standard InChI is InChI=1S/C8H22GeN2S2/c1-7(5-10)12-9(3,4)13-8(2)6-11/h7-8H,5-6,10-11H2,1-4H3. The fourth-order valence-electron chi connectivity index (χ4n) is 1.09. The molecular weight excluding hydrogens is 261 g/mol. The van der Waals surface area contributed by atoms with E-state index in [0.29, 0.717) is 10.5 Å². The molecule has 4 N–H and O–H groups in total. The van der Waals surface area contributed by atoms with Gasteiger partial charge in [0.2, 0.25) is 0 Å². The van der Waals surface area contributed by atoms with E-state index in [9.17, 15) is 0 Å². The van der Waals surface area contributed by atoms with Crippen LogP contribution in [0.3, 0.4) is 0 Å². The van der Waals surface area contributed by atoms with Crippen molar-refractivity contribution in [1.82, 2.24) is 0 Å². The van der Waals surface area contributed by atoms with E-state index in [-0.39, 0.29) is 0 Å². The molecule has 0 bridgehead atoms. The maximum absolute atomic E-state index is 5.62. The maximum atomic E-state index is 5.62. The van der Waals surface area contributed by atoms with E-state index in [2.05, 4.69) is 45.5 Å². The molecule has 2 unspecified atom stereocenters. The summed E-state index contributed by atoms with van der Waals surface area (Å²) in [5.41, 5.74) is 11.2. The van der Waals surface area contributed by atoms with Crippen LogP contribution in [0.4, 0.5) is 0 Å². The minimum atomic E-state index is -1.69. The van der Waals surface area contributed by atoms with E-state index in [1.54, 1.807) is 0 Å². The first-order valence-electron chi connectivity index (χ1n) is 4.67. The summed E-state index contributed by atoms with van der Waals surface area (Å²) in [5.74, 6) is 4.85. The molecule has 0 aromatic rings. The van der Waals surface area contributed by atoms with Crippen molar-refractivity contribution in [2.45, 2.75) is 35.9 Å². The number of hydrogen-bond acceptors (Lipinski definition) is 4. The normalized spacial score (nSPS) is 17.1. The first-order chi connectivity index (χ1) is 5.91. The topological polar surface area (TPSA) is 52.0 Å². The molecule has 0 amide bonds. The Hall–Kier alpha value is 1.16. The third kappa shape index (κ3) is 7.13. The van der Waals surface area contributed by atoms with E-state index >= 15 is 0 Å². The Morgan fingerprint density at radius 1 is 1.00 bits per heavy atom. The van der Waals surface area contributed by atoms with Crippen LogP contribution in [0.5, 0.6) is 0 Å². The van der Waals surface area contributed by atoms with Gasteiger partial charge >= 0.3 is 91.6 Å². The molecule has 0 fully saturated rings. The average Bonchev–Trinajstić information content (AvgIpc) is 2.02. The molecule has 2 atom stereocenters. The zero-order chi connectivity index (χ0) is 10.5. The second-order valence-corrected chi connectivity index (χ2v) is 26.6. The van der Waals surface area contributed by atoms with Gasteiger partial charge in [0.15, 0.2) is 0 Å². The van der Waals surface area contributed by atoms with Gasteiger partial charge in [-0.1, -0.05) is 0 Å². The van der Waals surface area contributed by atoms with Crippen molar-refractivity contribution in [2.24, 2.45) is 11.5 Å². The Morgan fingerprint density at radius 2 is 1.31 bits per heavy atom. The van der Waals surface area contributed by atoms with Crippen LogP contribution in [0.15, 0.2) is 0 Å². The Morgan fingerprint density at radius 3 is 1.54 bits per heavy atom. The van der Waals surface area contributed by atoms with E-state index in [1.807, 2.05) is 0 Å². The number of rotatable bonds is 6. The summed E-state index contributed by atoms with van der Waals surface area (Å²) in [5, 5.41) is 1.21.